The van der Waals surface area contributed by atoms with Crippen LogP contribution in [-0.2, 0) is 9.53 Å². The van der Waals surface area contributed by atoms with Crippen LogP contribution >= 0.6 is 0 Å². The second-order valence-corrected chi connectivity index (χ2v) is 5.10. The van der Waals surface area contributed by atoms with Gasteiger partial charge in [0.25, 0.3) is 0 Å². The molecule has 0 aliphatic carbocycles. The summed E-state index contributed by atoms with van der Waals surface area (Å²) in [5.41, 5.74) is 0.358. The molecule has 0 radical (unpaired) electrons. The lowest BCUT2D eigenvalue weighted by Gasteiger charge is -2.17. The van der Waals surface area contributed by atoms with Gasteiger partial charge in [-0.05, 0) is 26.3 Å². The first-order valence-corrected chi connectivity index (χ1v) is 5.81. The van der Waals surface area contributed by atoms with E-state index in [0.29, 0.717) is 6.42 Å². The van der Waals surface area contributed by atoms with Crippen LogP contribution in [0.3, 0.4) is 0 Å². The smallest absolute Gasteiger partial charge is 0.311 e. The molecule has 1 aromatic carbocycles. The van der Waals surface area contributed by atoms with E-state index in [2.05, 4.69) is 0 Å². The predicted octanol–water partition coefficient (Wildman–Crippen LogP) is 2.70. The van der Waals surface area contributed by atoms with Gasteiger partial charge in [-0.2, -0.15) is 0 Å². The zero-order valence-corrected chi connectivity index (χ0v) is 10.6. The molecule has 1 N–H and O–H groups in total. The van der Waals surface area contributed by atoms with E-state index < -0.39 is 11.5 Å². The largest absolute Gasteiger partial charge is 0.465 e. The van der Waals surface area contributed by atoms with Crippen molar-refractivity contribution in [3.05, 3.63) is 35.9 Å². The summed E-state index contributed by atoms with van der Waals surface area (Å²) < 4.78 is 5.10. The van der Waals surface area contributed by atoms with Gasteiger partial charge in [-0.3, -0.25) is 4.79 Å². The molecule has 94 valence electrons. The lowest BCUT2D eigenvalue weighted by Crippen LogP contribution is -2.23. The van der Waals surface area contributed by atoms with Crippen LogP contribution in [-0.4, -0.2) is 17.7 Å². The molecule has 0 fully saturated rings. The third kappa shape index (κ3) is 4.57. The summed E-state index contributed by atoms with van der Waals surface area (Å²) in [6.07, 6.45) is -0.157. The van der Waals surface area contributed by atoms with Crippen LogP contribution in [0.25, 0.3) is 0 Å². The number of hydrogen-bond donors (Lipinski definition) is 1. The van der Waals surface area contributed by atoms with Crippen molar-refractivity contribution in [1.82, 2.24) is 0 Å². The van der Waals surface area contributed by atoms with Gasteiger partial charge < -0.3 is 9.84 Å². The Hall–Kier alpha value is -1.35. The number of rotatable bonds is 4. The van der Waals surface area contributed by atoms with E-state index in [1.165, 1.54) is 0 Å². The van der Waals surface area contributed by atoms with Gasteiger partial charge in [-0.15, -0.1) is 0 Å². The van der Waals surface area contributed by atoms with Gasteiger partial charge in [-0.25, -0.2) is 0 Å². The molecule has 3 heteroatoms. The van der Waals surface area contributed by atoms with Crippen LogP contribution in [0.1, 0.15) is 38.9 Å². The summed E-state index contributed by atoms with van der Waals surface area (Å²) >= 11 is 0. The predicted molar refractivity (Wildman–Crippen MR) is 66.4 cm³/mol. The highest BCUT2D eigenvalue weighted by atomic mass is 16.5. The first-order chi connectivity index (χ1) is 7.91. The molecular weight excluding hydrogens is 216 g/mol. The minimum absolute atomic E-state index is 0.238. The van der Waals surface area contributed by atoms with Gasteiger partial charge in [0, 0.05) is 6.42 Å². The Morgan fingerprint density at radius 1 is 1.29 bits per heavy atom. The topological polar surface area (TPSA) is 46.5 Å². The van der Waals surface area contributed by atoms with Crippen molar-refractivity contribution in [2.45, 2.75) is 33.3 Å². The fourth-order valence-electron chi connectivity index (χ4n) is 1.32. The van der Waals surface area contributed by atoms with E-state index >= 15 is 0 Å². The average molecular weight is 236 g/mol. The average Bonchev–Trinajstić information content (AvgIpc) is 2.28. The van der Waals surface area contributed by atoms with E-state index in [1.807, 2.05) is 51.1 Å². The van der Waals surface area contributed by atoms with E-state index in [9.17, 15) is 9.90 Å². The number of aliphatic hydroxyl groups excluding tert-OH is 1. The minimum atomic E-state index is -0.580. The fourth-order valence-corrected chi connectivity index (χ4v) is 1.32. The Balaban J connectivity index is 2.35. The van der Waals surface area contributed by atoms with Crippen LogP contribution in [0.4, 0.5) is 0 Å². The summed E-state index contributed by atoms with van der Waals surface area (Å²) in [5.74, 6) is -0.238. The maximum absolute atomic E-state index is 11.5. The van der Waals surface area contributed by atoms with Gasteiger partial charge in [0.05, 0.1) is 18.1 Å². The second-order valence-electron chi connectivity index (χ2n) is 5.10. The van der Waals surface area contributed by atoms with Crippen LogP contribution in [0.2, 0.25) is 0 Å². The number of aliphatic hydroxyl groups is 1. The highest BCUT2D eigenvalue weighted by Crippen LogP contribution is 2.18. The standard InChI is InChI=1S/C14H20O3/c1-14(2,3)13(16)17-10-9-12(15)11-7-5-4-6-8-11/h4-8,12,15H,9-10H2,1-3H3/t12-/m1/s1. The van der Waals surface area contributed by atoms with Crippen LogP contribution < -0.4 is 0 Å². The van der Waals surface area contributed by atoms with Crippen molar-refractivity contribution in [2.75, 3.05) is 6.61 Å². The third-order valence-corrected chi connectivity index (χ3v) is 2.42. The van der Waals surface area contributed by atoms with Gasteiger partial charge in [0.1, 0.15) is 0 Å². The first kappa shape index (κ1) is 13.7. The lowest BCUT2D eigenvalue weighted by molar-refractivity contribution is -0.153. The Bertz CT molecular complexity index is 351. The molecule has 1 atom stereocenters. The summed E-state index contributed by atoms with van der Waals surface area (Å²) in [6.45, 7) is 5.67. The van der Waals surface area contributed by atoms with Crippen molar-refractivity contribution in [3.63, 3.8) is 0 Å². The van der Waals surface area contributed by atoms with Gasteiger partial charge in [0.2, 0.25) is 0 Å². The van der Waals surface area contributed by atoms with Gasteiger partial charge >= 0.3 is 5.97 Å². The highest BCUT2D eigenvalue weighted by molar-refractivity contribution is 5.75. The molecule has 1 aromatic rings. The van der Waals surface area contributed by atoms with Gasteiger partial charge in [0.15, 0.2) is 0 Å². The Labute approximate surface area is 102 Å². The molecule has 0 unspecified atom stereocenters. The molecule has 1 rings (SSSR count). The maximum atomic E-state index is 11.5. The van der Waals surface area contributed by atoms with E-state index in [1.54, 1.807) is 0 Å². The van der Waals surface area contributed by atoms with Crippen molar-refractivity contribution < 1.29 is 14.6 Å². The van der Waals surface area contributed by atoms with Crippen LogP contribution in [0.5, 0.6) is 0 Å². The number of esters is 1. The molecule has 17 heavy (non-hydrogen) atoms. The minimum Gasteiger partial charge on any atom is -0.465 e. The molecule has 0 saturated heterocycles. The third-order valence-electron chi connectivity index (χ3n) is 2.42. The molecule has 0 aliphatic heterocycles. The molecule has 0 heterocycles. The SMILES string of the molecule is CC(C)(C)C(=O)OCC[C@@H](O)c1ccccc1. The second kappa shape index (κ2) is 5.82. The Kier molecular flexibility index (Phi) is 4.70. The maximum Gasteiger partial charge on any atom is 0.311 e. The zero-order chi connectivity index (χ0) is 12.9. The zero-order valence-electron chi connectivity index (χ0n) is 10.6. The number of carbonyl (C=O) groups excluding carboxylic acids is 1. The summed E-state index contributed by atoms with van der Waals surface area (Å²) in [7, 11) is 0. The fraction of sp³-hybridized carbons (Fsp3) is 0.500. The number of carbonyl (C=O) groups is 1. The molecule has 0 aliphatic rings. The summed E-state index contributed by atoms with van der Waals surface area (Å²) in [6, 6.07) is 9.36. The summed E-state index contributed by atoms with van der Waals surface area (Å²) in [5, 5.41) is 9.84. The number of benzene rings is 1. The Morgan fingerprint density at radius 3 is 2.41 bits per heavy atom. The highest BCUT2D eigenvalue weighted by Gasteiger charge is 2.23. The molecular formula is C14H20O3. The van der Waals surface area contributed by atoms with Crippen molar-refractivity contribution in [2.24, 2.45) is 5.41 Å². The van der Waals surface area contributed by atoms with Crippen molar-refractivity contribution in [3.8, 4) is 0 Å². The van der Waals surface area contributed by atoms with Crippen LogP contribution in [0, 0.1) is 5.41 Å². The van der Waals surface area contributed by atoms with Crippen LogP contribution in [0.15, 0.2) is 30.3 Å². The molecule has 3 nitrogen and oxygen atoms in total. The van der Waals surface area contributed by atoms with E-state index in [4.69, 9.17) is 4.74 Å². The monoisotopic (exact) mass is 236 g/mol. The quantitative estimate of drug-likeness (QED) is 0.818. The molecule has 0 amide bonds. The van der Waals surface area contributed by atoms with Gasteiger partial charge in [-0.1, -0.05) is 30.3 Å². The number of hydrogen-bond acceptors (Lipinski definition) is 3. The van der Waals surface area contributed by atoms with E-state index in [-0.39, 0.29) is 12.6 Å². The van der Waals surface area contributed by atoms with Crippen molar-refractivity contribution >= 4 is 5.97 Å². The first-order valence-electron chi connectivity index (χ1n) is 5.81. The van der Waals surface area contributed by atoms with Crippen molar-refractivity contribution in [1.29, 1.82) is 0 Å². The summed E-state index contributed by atoms with van der Waals surface area (Å²) in [4.78, 5) is 11.5. The lowest BCUT2D eigenvalue weighted by atomic mass is 9.97. The number of ether oxygens (including phenoxy) is 1. The normalized spacial score (nSPS) is 13.2. The molecule has 0 spiro atoms. The van der Waals surface area contributed by atoms with E-state index in [0.717, 1.165) is 5.56 Å². The molecule has 0 saturated carbocycles. The molecule has 0 bridgehead atoms. The Morgan fingerprint density at radius 2 is 1.88 bits per heavy atom. The molecule has 0 aromatic heterocycles.